The summed E-state index contributed by atoms with van der Waals surface area (Å²) < 4.78 is 37.9. The first-order valence-electron chi connectivity index (χ1n) is 5.53. The molecule has 1 rings (SSSR count). The van der Waals surface area contributed by atoms with Crippen molar-refractivity contribution in [2.75, 3.05) is 23.4 Å². The van der Waals surface area contributed by atoms with Crippen LogP contribution in [-0.2, 0) is 6.18 Å². The van der Waals surface area contributed by atoms with Crippen LogP contribution < -0.4 is 5.32 Å². The van der Waals surface area contributed by atoms with Crippen molar-refractivity contribution in [1.29, 1.82) is 0 Å². The smallest absolute Gasteiger partial charge is 0.385 e. The number of thioether (sulfide) groups is 1. The van der Waals surface area contributed by atoms with Gasteiger partial charge in [-0.2, -0.15) is 24.9 Å². The topological polar surface area (TPSA) is 12.0 Å². The van der Waals surface area contributed by atoms with Gasteiger partial charge in [0.05, 0.1) is 5.56 Å². The Morgan fingerprint density at radius 1 is 1.24 bits per heavy atom. The molecule has 0 aliphatic carbocycles. The van der Waals surface area contributed by atoms with Gasteiger partial charge in [-0.15, -0.1) is 0 Å². The molecule has 0 saturated carbocycles. The summed E-state index contributed by atoms with van der Waals surface area (Å²) in [4.78, 5) is 0. The van der Waals surface area contributed by atoms with Crippen LogP contribution in [0.4, 0.5) is 18.9 Å². The standard InChI is InChI=1S/C12H16F3NS/c1-2-17-9-5-8-16-11-7-4-3-6-10(11)12(13,14)15/h3-4,6-7,16H,2,5,8-9H2,1H3. The highest BCUT2D eigenvalue weighted by Gasteiger charge is 2.32. The van der Waals surface area contributed by atoms with Crippen LogP contribution in [0.2, 0.25) is 0 Å². The maximum Gasteiger partial charge on any atom is 0.418 e. The lowest BCUT2D eigenvalue weighted by Gasteiger charge is -2.14. The third-order valence-corrected chi connectivity index (χ3v) is 3.20. The van der Waals surface area contributed by atoms with Crippen LogP contribution in [0.5, 0.6) is 0 Å². The first-order chi connectivity index (χ1) is 8.05. The van der Waals surface area contributed by atoms with Crippen molar-refractivity contribution >= 4 is 17.4 Å². The number of nitrogens with one attached hydrogen (secondary N) is 1. The second kappa shape index (κ2) is 6.79. The molecule has 96 valence electrons. The van der Waals surface area contributed by atoms with Gasteiger partial charge in [0.15, 0.2) is 0 Å². The molecular formula is C12H16F3NS. The first-order valence-corrected chi connectivity index (χ1v) is 6.69. The minimum Gasteiger partial charge on any atom is -0.385 e. The monoisotopic (exact) mass is 263 g/mol. The van der Waals surface area contributed by atoms with Crippen molar-refractivity contribution in [3.05, 3.63) is 29.8 Å². The molecular weight excluding hydrogens is 247 g/mol. The number of hydrogen-bond acceptors (Lipinski definition) is 2. The Hall–Kier alpha value is -0.840. The van der Waals surface area contributed by atoms with E-state index >= 15 is 0 Å². The maximum atomic E-state index is 12.6. The van der Waals surface area contributed by atoms with E-state index in [-0.39, 0.29) is 5.69 Å². The summed E-state index contributed by atoms with van der Waals surface area (Å²) in [5.41, 5.74) is -0.426. The molecule has 0 radical (unpaired) electrons. The molecule has 0 atom stereocenters. The fraction of sp³-hybridized carbons (Fsp3) is 0.500. The number of benzene rings is 1. The lowest BCUT2D eigenvalue weighted by atomic mass is 10.1. The van der Waals surface area contributed by atoms with Crippen LogP contribution in [-0.4, -0.2) is 18.1 Å². The molecule has 0 saturated heterocycles. The van der Waals surface area contributed by atoms with E-state index in [1.165, 1.54) is 12.1 Å². The molecule has 1 aromatic carbocycles. The van der Waals surface area contributed by atoms with E-state index in [2.05, 4.69) is 12.2 Å². The van der Waals surface area contributed by atoms with Crippen LogP contribution in [0.1, 0.15) is 18.9 Å². The maximum absolute atomic E-state index is 12.6. The summed E-state index contributed by atoms with van der Waals surface area (Å²) in [6, 6.07) is 5.58. The molecule has 0 aliphatic heterocycles. The third kappa shape index (κ3) is 4.89. The summed E-state index contributed by atoms with van der Waals surface area (Å²) in [5, 5.41) is 2.85. The quantitative estimate of drug-likeness (QED) is 0.770. The zero-order valence-corrected chi connectivity index (χ0v) is 10.5. The minimum atomic E-state index is -4.29. The second-order valence-electron chi connectivity index (χ2n) is 3.52. The van der Waals surface area contributed by atoms with E-state index in [9.17, 15) is 13.2 Å². The fourth-order valence-electron chi connectivity index (χ4n) is 1.43. The van der Waals surface area contributed by atoms with Crippen molar-refractivity contribution in [2.45, 2.75) is 19.5 Å². The van der Waals surface area contributed by atoms with Crippen molar-refractivity contribution in [3.63, 3.8) is 0 Å². The van der Waals surface area contributed by atoms with Gasteiger partial charge in [0, 0.05) is 12.2 Å². The van der Waals surface area contributed by atoms with Gasteiger partial charge in [-0.05, 0) is 30.1 Å². The Morgan fingerprint density at radius 3 is 2.59 bits per heavy atom. The van der Waals surface area contributed by atoms with Gasteiger partial charge >= 0.3 is 6.18 Å². The number of halogens is 3. The highest BCUT2D eigenvalue weighted by atomic mass is 32.2. The molecule has 1 nitrogen and oxygen atoms in total. The lowest BCUT2D eigenvalue weighted by Crippen LogP contribution is -2.11. The lowest BCUT2D eigenvalue weighted by molar-refractivity contribution is -0.136. The van der Waals surface area contributed by atoms with E-state index in [1.54, 1.807) is 17.8 Å². The first kappa shape index (κ1) is 14.2. The molecule has 0 unspecified atom stereocenters. The summed E-state index contributed by atoms with van der Waals surface area (Å²) in [6.45, 7) is 2.64. The number of alkyl halides is 3. The number of rotatable bonds is 6. The normalized spacial score (nSPS) is 11.5. The van der Waals surface area contributed by atoms with Gasteiger partial charge < -0.3 is 5.32 Å². The molecule has 1 aromatic rings. The molecule has 0 aromatic heterocycles. The Labute approximate surface area is 104 Å². The predicted octanol–water partition coefficient (Wildman–Crippen LogP) is 4.26. The summed E-state index contributed by atoms with van der Waals surface area (Å²) >= 11 is 1.79. The van der Waals surface area contributed by atoms with Gasteiger partial charge in [-0.3, -0.25) is 0 Å². The Kier molecular flexibility index (Phi) is 5.68. The average Bonchev–Trinajstić information content (AvgIpc) is 2.28. The van der Waals surface area contributed by atoms with Crippen molar-refractivity contribution in [1.82, 2.24) is 0 Å². The van der Waals surface area contributed by atoms with E-state index in [4.69, 9.17) is 0 Å². The Bertz CT molecular complexity index is 339. The predicted molar refractivity (Wildman–Crippen MR) is 67.5 cm³/mol. The summed E-state index contributed by atoms with van der Waals surface area (Å²) in [7, 11) is 0. The molecule has 0 aliphatic rings. The van der Waals surface area contributed by atoms with Crippen LogP contribution >= 0.6 is 11.8 Å². The van der Waals surface area contributed by atoms with Gasteiger partial charge in [0.25, 0.3) is 0 Å². The zero-order chi connectivity index (χ0) is 12.7. The molecule has 17 heavy (non-hydrogen) atoms. The van der Waals surface area contributed by atoms with Crippen molar-refractivity contribution in [2.24, 2.45) is 0 Å². The summed E-state index contributed by atoms with van der Waals surface area (Å²) in [5.74, 6) is 2.01. The van der Waals surface area contributed by atoms with Crippen LogP contribution in [0.3, 0.4) is 0 Å². The minimum absolute atomic E-state index is 0.168. The highest BCUT2D eigenvalue weighted by Crippen LogP contribution is 2.34. The van der Waals surface area contributed by atoms with E-state index in [0.29, 0.717) is 6.54 Å². The highest BCUT2D eigenvalue weighted by molar-refractivity contribution is 7.99. The van der Waals surface area contributed by atoms with E-state index < -0.39 is 11.7 Å². The van der Waals surface area contributed by atoms with Crippen LogP contribution in [0.15, 0.2) is 24.3 Å². The van der Waals surface area contributed by atoms with Crippen LogP contribution in [0, 0.1) is 0 Å². The van der Waals surface area contributed by atoms with E-state index in [1.807, 2.05) is 0 Å². The van der Waals surface area contributed by atoms with Gasteiger partial charge in [0.2, 0.25) is 0 Å². The largest absolute Gasteiger partial charge is 0.418 e. The van der Waals surface area contributed by atoms with Gasteiger partial charge in [-0.25, -0.2) is 0 Å². The van der Waals surface area contributed by atoms with Crippen LogP contribution in [0.25, 0.3) is 0 Å². The molecule has 0 spiro atoms. The molecule has 0 fully saturated rings. The molecule has 0 heterocycles. The number of para-hydroxylation sites is 1. The third-order valence-electron chi connectivity index (χ3n) is 2.22. The number of hydrogen-bond donors (Lipinski definition) is 1. The molecule has 0 amide bonds. The second-order valence-corrected chi connectivity index (χ2v) is 4.91. The molecule has 5 heteroatoms. The average molecular weight is 263 g/mol. The SMILES string of the molecule is CCSCCCNc1ccccc1C(F)(F)F. The number of anilines is 1. The van der Waals surface area contributed by atoms with Crippen molar-refractivity contribution < 1.29 is 13.2 Å². The van der Waals surface area contributed by atoms with Crippen molar-refractivity contribution in [3.8, 4) is 0 Å². The summed E-state index contributed by atoms with van der Waals surface area (Å²) in [6.07, 6.45) is -3.42. The Balaban J connectivity index is 2.53. The van der Waals surface area contributed by atoms with Gasteiger partial charge in [-0.1, -0.05) is 19.1 Å². The zero-order valence-electron chi connectivity index (χ0n) is 9.68. The Morgan fingerprint density at radius 2 is 1.94 bits per heavy atom. The van der Waals surface area contributed by atoms with Gasteiger partial charge in [0.1, 0.15) is 0 Å². The van der Waals surface area contributed by atoms with E-state index in [0.717, 1.165) is 24.0 Å². The molecule has 1 N–H and O–H groups in total. The molecule has 0 bridgehead atoms. The fourth-order valence-corrected chi connectivity index (χ4v) is 2.06.